The van der Waals surface area contributed by atoms with Crippen molar-refractivity contribution in [2.24, 2.45) is 5.10 Å². The highest BCUT2D eigenvalue weighted by atomic mass is 16.7. The van der Waals surface area contributed by atoms with Crippen molar-refractivity contribution in [3.63, 3.8) is 0 Å². The van der Waals surface area contributed by atoms with E-state index >= 15 is 0 Å². The highest BCUT2D eigenvalue weighted by Crippen LogP contribution is 2.38. The van der Waals surface area contributed by atoms with E-state index in [-0.39, 0.29) is 24.9 Å². The monoisotopic (exact) mass is 417 g/mol. The number of carbonyl (C=O) groups is 2. The minimum Gasteiger partial charge on any atom is -0.454 e. The predicted octanol–water partition coefficient (Wildman–Crippen LogP) is 3.27. The second-order valence-electron chi connectivity index (χ2n) is 8.00. The molecule has 0 spiro atoms. The first-order valence-corrected chi connectivity index (χ1v) is 10.4. The summed E-state index contributed by atoms with van der Waals surface area (Å²) in [5.41, 5.74) is 5.85. The van der Waals surface area contributed by atoms with Gasteiger partial charge in [-0.05, 0) is 55.2 Å². The molecule has 0 unspecified atom stereocenters. The van der Waals surface area contributed by atoms with Crippen molar-refractivity contribution in [3.8, 4) is 11.5 Å². The van der Waals surface area contributed by atoms with Crippen molar-refractivity contribution < 1.29 is 19.1 Å². The Morgan fingerprint density at radius 1 is 1.10 bits per heavy atom. The Balaban J connectivity index is 1.48. The number of ether oxygens (including phenoxy) is 2. The van der Waals surface area contributed by atoms with Crippen LogP contribution in [-0.4, -0.2) is 30.7 Å². The van der Waals surface area contributed by atoms with E-state index in [1.807, 2.05) is 44.2 Å². The van der Waals surface area contributed by atoms with Gasteiger partial charge >= 0.3 is 0 Å². The summed E-state index contributed by atoms with van der Waals surface area (Å²) in [4.78, 5) is 25.6. The third-order valence-corrected chi connectivity index (χ3v) is 5.78. The third-order valence-electron chi connectivity index (χ3n) is 5.78. The van der Waals surface area contributed by atoms with Crippen LogP contribution in [0.4, 0.5) is 5.69 Å². The topological polar surface area (TPSA) is 80.2 Å². The number of nitrogens with one attached hydrogen (secondary N) is 1. The van der Waals surface area contributed by atoms with E-state index in [9.17, 15) is 9.59 Å². The van der Waals surface area contributed by atoms with Gasteiger partial charge in [0.2, 0.25) is 18.5 Å². The number of fused-ring (bicyclic) bond motifs is 2. The summed E-state index contributed by atoms with van der Waals surface area (Å²) >= 11 is 0. The van der Waals surface area contributed by atoms with Crippen LogP contribution in [0.3, 0.4) is 0 Å². The van der Waals surface area contributed by atoms with E-state index in [1.165, 1.54) is 5.01 Å². The molecule has 2 aromatic carbocycles. The number of hydrogen-bond acceptors (Lipinski definition) is 6. The molecule has 0 saturated heterocycles. The van der Waals surface area contributed by atoms with Crippen molar-refractivity contribution in [2.45, 2.75) is 33.1 Å². The summed E-state index contributed by atoms with van der Waals surface area (Å²) in [5.74, 6) is 1.12. The number of hydrazone groups is 1. The lowest BCUT2D eigenvalue weighted by Gasteiger charge is -2.25. The second-order valence-corrected chi connectivity index (χ2v) is 8.00. The Kier molecular flexibility index (Phi) is 4.73. The van der Waals surface area contributed by atoms with E-state index in [0.29, 0.717) is 17.9 Å². The van der Waals surface area contributed by atoms with Crippen molar-refractivity contribution >= 4 is 28.8 Å². The van der Waals surface area contributed by atoms with Crippen LogP contribution in [0.1, 0.15) is 35.1 Å². The maximum Gasteiger partial charge on any atom is 0.247 e. The van der Waals surface area contributed by atoms with E-state index in [1.54, 1.807) is 6.08 Å². The molecule has 3 aliphatic heterocycles. The van der Waals surface area contributed by atoms with Crippen molar-refractivity contribution in [2.75, 3.05) is 18.3 Å². The molecule has 0 aromatic heterocycles. The Bertz CT molecular complexity index is 1170. The first-order chi connectivity index (χ1) is 15.0. The zero-order chi connectivity index (χ0) is 21.5. The van der Waals surface area contributed by atoms with Gasteiger partial charge in [-0.3, -0.25) is 9.59 Å². The molecular formula is C24H23N3O4. The zero-order valence-electron chi connectivity index (χ0n) is 17.5. The van der Waals surface area contributed by atoms with E-state index in [2.05, 4.69) is 10.4 Å². The van der Waals surface area contributed by atoms with Gasteiger partial charge in [0.1, 0.15) is 5.71 Å². The Labute approximate surface area is 180 Å². The van der Waals surface area contributed by atoms with Gasteiger partial charge in [-0.2, -0.15) is 5.10 Å². The van der Waals surface area contributed by atoms with Gasteiger partial charge in [0.15, 0.2) is 11.5 Å². The fourth-order valence-electron chi connectivity index (χ4n) is 4.08. The van der Waals surface area contributed by atoms with Crippen LogP contribution in [-0.2, 0) is 16.0 Å². The molecule has 2 aromatic rings. The van der Waals surface area contributed by atoms with Crippen molar-refractivity contribution in [1.29, 1.82) is 0 Å². The molecule has 7 heteroatoms. The average Bonchev–Trinajstić information content (AvgIpc) is 3.22. The maximum atomic E-state index is 13.1. The number of hydrogen-bond donors (Lipinski definition) is 1. The quantitative estimate of drug-likeness (QED) is 0.776. The molecule has 0 bridgehead atoms. The van der Waals surface area contributed by atoms with Crippen LogP contribution in [0.5, 0.6) is 11.5 Å². The van der Waals surface area contributed by atoms with Crippen LogP contribution in [0.25, 0.3) is 5.70 Å². The molecule has 0 fully saturated rings. The Hall–Kier alpha value is -3.61. The molecule has 158 valence electrons. The molecule has 0 atom stereocenters. The van der Waals surface area contributed by atoms with Gasteiger partial charge in [0, 0.05) is 36.7 Å². The standard InChI is InChI=1S/C24H23N3O4/c1-14-3-4-15(2)20(9-14)27-24(29)6-5-18(26-27)21(28)12-19-17-11-23-22(30-13-31-23)10-16(17)7-8-25-19/h3-4,9-12,25H,5-8,13H2,1-2H3/b19-12-. The maximum absolute atomic E-state index is 13.1. The first kappa shape index (κ1) is 19.4. The lowest BCUT2D eigenvalue weighted by molar-refractivity contribution is -0.118. The molecule has 0 radical (unpaired) electrons. The van der Waals surface area contributed by atoms with Gasteiger partial charge in [-0.25, -0.2) is 5.01 Å². The molecule has 5 rings (SSSR count). The van der Waals surface area contributed by atoms with Crippen LogP contribution in [0, 0.1) is 13.8 Å². The molecule has 3 heterocycles. The lowest BCUT2D eigenvalue weighted by Crippen LogP contribution is -2.34. The average molecular weight is 417 g/mol. The molecule has 31 heavy (non-hydrogen) atoms. The van der Waals surface area contributed by atoms with Gasteiger partial charge in [-0.1, -0.05) is 12.1 Å². The lowest BCUT2D eigenvalue weighted by atomic mass is 9.95. The minimum atomic E-state index is -0.198. The minimum absolute atomic E-state index is 0.105. The fraction of sp³-hybridized carbons (Fsp3) is 0.292. The SMILES string of the molecule is Cc1ccc(C)c(N2N=C(C(=O)/C=C3\NCCc4cc5c(cc43)OCO5)CCC2=O)c1. The number of anilines is 1. The Morgan fingerprint density at radius 2 is 1.90 bits per heavy atom. The Morgan fingerprint density at radius 3 is 2.74 bits per heavy atom. The zero-order valence-corrected chi connectivity index (χ0v) is 17.5. The summed E-state index contributed by atoms with van der Waals surface area (Å²) in [7, 11) is 0. The molecule has 1 amide bonds. The number of amides is 1. The van der Waals surface area contributed by atoms with E-state index < -0.39 is 0 Å². The largest absolute Gasteiger partial charge is 0.454 e. The normalized spacial score (nSPS) is 18.5. The highest BCUT2D eigenvalue weighted by molar-refractivity contribution is 6.46. The van der Waals surface area contributed by atoms with Gasteiger partial charge in [0.25, 0.3) is 0 Å². The summed E-state index contributed by atoms with van der Waals surface area (Å²) in [6.45, 7) is 4.84. The van der Waals surface area contributed by atoms with Gasteiger partial charge in [-0.15, -0.1) is 0 Å². The van der Waals surface area contributed by atoms with E-state index in [0.717, 1.165) is 52.4 Å². The molecule has 7 nitrogen and oxygen atoms in total. The van der Waals surface area contributed by atoms with Crippen LogP contribution in [0.2, 0.25) is 0 Å². The van der Waals surface area contributed by atoms with Gasteiger partial charge in [0.05, 0.1) is 5.69 Å². The molecule has 1 N–H and O–H groups in total. The number of benzene rings is 2. The van der Waals surface area contributed by atoms with Crippen LogP contribution < -0.4 is 19.8 Å². The van der Waals surface area contributed by atoms with Crippen LogP contribution in [0.15, 0.2) is 41.5 Å². The third kappa shape index (κ3) is 3.56. The van der Waals surface area contributed by atoms with Crippen LogP contribution >= 0.6 is 0 Å². The predicted molar refractivity (Wildman–Crippen MR) is 117 cm³/mol. The summed E-state index contributed by atoms with van der Waals surface area (Å²) in [6.07, 6.45) is 3.00. The van der Waals surface area contributed by atoms with E-state index in [4.69, 9.17) is 9.47 Å². The number of ketones is 1. The smallest absolute Gasteiger partial charge is 0.247 e. The molecule has 0 saturated carbocycles. The van der Waals surface area contributed by atoms with Gasteiger partial charge < -0.3 is 14.8 Å². The summed E-state index contributed by atoms with van der Waals surface area (Å²) in [5, 5.41) is 9.13. The number of rotatable bonds is 3. The molecular weight excluding hydrogens is 394 g/mol. The van der Waals surface area contributed by atoms with Crippen molar-refractivity contribution in [3.05, 3.63) is 58.7 Å². The number of carbonyl (C=O) groups excluding carboxylic acids is 2. The first-order valence-electron chi connectivity index (χ1n) is 10.4. The fourth-order valence-corrected chi connectivity index (χ4v) is 4.08. The number of aryl methyl sites for hydroxylation is 2. The highest BCUT2D eigenvalue weighted by Gasteiger charge is 2.27. The summed E-state index contributed by atoms with van der Waals surface area (Å²) < 4.78 is 11.0. The number of allylic oxidation sites excluding steroid dienone is 1. The summed E-state index contributed by atoms with van der Waals surface area (Å²) in [6, 6.07) is 9.77. The molecule has 0 aliphatic carbocycles. The second kappa shape index (κ2) is 7.58. The van der Waals surface area contributed by atoms with Crippen molar-refractivity contribution in [1.82, 2.24) is 5.32 Å². The number of nitrogens with zero attached hydrogens (tertiary/aromatic N) is 2. The molecule has 3 aliphatic rings.